The van der Waals surface area contributed by atoms with Crippen LogP contribution in [-0.2, 0) is 0 Å². The number of hydrogen-bond donors (Lipinski definition) is 0. The van der Waals surface area contributed by atoms with Gasteiger partial charge in [0.1, 0.15) is 0 Å². The van der Waals surface area contributed by atoms with E-state index in [1.807, 2.05) is 0 Å². The van der Waals surface area contributed by atoms with Crippen LogP contribution in [0.4, 0.5) is 0 Å². The topological polar surface area (TPSA) is 0 Å². The summed E-state index contributed by atoms with van der Waals surface area (Å²) < 4.78 is 0. The summed E-state index contributed by atoms with van der Waals surface area (Å²) in [6.45, 7) is 13.5. The Bertz CT molecular complexity index is 574. The van der Waals surface area contributed by atoms with Crippen molar-refractivity contribution in [2.45, 2.75) is 32.0 Å². The van der Waals surface area contributed by atoms with Gasteiger partial charge in [0.2, 0.25) is 0 Å². The van der Waals surface area contributed by atoms with Crippen LogP contribution < -0.4 is 5.19 Å². The summed E-state index contributed by atoms with van der Waals surface area (Å²) in [4.78, 5) is 0. The predicted octanol–water partition coefficient (Wildman–Crippen LogP) is 4.72. The average Bonchev–Trinajstić information content (AvgIpc) is 2.37. The first kappa shape index (κ1) is 13.1. The van der Waals surface area contributed by atoms with Crippen molar-refractivity contribution in [2.24, 2.45) is 0 Å². The van der Waals surface area contributed by atoms with Gasteiger partial charge in [-0.1, -0.05) is 80.7 Å². The summed E-state index contributed by atoms with van der Waals surface area (Å²) in [5, 5.41) is 4.48. The fourth-order valence-corrected chi connectivity index (χ4v) is 4.99. The van der Waals surface area contributed by atoms with Crippen LogP contribution in [0.25, 0.3) is 10.8 Å². The van der Waals surface area contributed by atoms with Gasteiger partial charge in [-0.2, -0.15) is 0 Å². The minimum atomic E-state index is -1.59. The predicted molar refractivity (Wildman–Crippen MR) is 85.3 cm³/mol. The van der Waals surface area contributed by atoms with Crippen LogP contribution in [0.5, 0.6) is 0 Å². The maximum Gasteiger partial charge on any atom is 0.0906 e. The normalized spacial score (nSPS) is 12.7. The third kappa shape index (κ3) is 1.93. The molecule has 0 N–H and O–H groups in total. The molecule has 94 valence electrons. The average molecular weight is 254 g/mol. The Morgan fingerprint density at radius 2 is 1.61 bits per heavy atom. The van der Waals surface area contributed by atoms with E-state index in [1.165, 1.54) is 16.0 Å². The molecule has 0 aromatic heterocycles. The first-order valence-electron chi connectivity index (χ1n) is 6.52. The zero-order valence-electron chi connectivity index (χ0n) is 11.8. The SMILES string of the molecule is C=CC(C)(C)[Si](C)(C)c1cccc2ccccc12. The molecule has 0 saturated carbocycles. The summed E-state index contributed by atoms with van der Waals surface area (Å²) in [7, 11) is -1.59. The third-order valence-electron chi connectivity index (χ3n) is 4.58. The van der Waals surface area contributed by atoms with Crippen molar-refractivity contribution >= 4 is 24.0 Å². The molecule has 0 spiro atoms. The van der Waals surface area contributed by atoms with Gasteiger partial charge >= 0.3 is 0 Å². The van der Waals surface area contributed by atoms with E-state index in [0.29, 0.717) is 0 Å². The van der Waals surface area contributed by atoms with Gasteiger partial charge in [-0.3, -0.25) is 0 Å². The van der Waals surface area contributed by atoms with Crippen LogP contribution in [0.3, 0.4) is 0 Å². The largest absolute Gasteiger partial charge is 0.103 e. The molecule has 18 heavy (non-hydrogen) atoms. The van der Waals surface area contributed by atoms with Crippen LogP contribution in [0.1, 0.15) is 13.8 Å². The Morgan fingerprint density at radius 1 is 1.00 bits per heavy atom. The van der Waals surface area contributed by atoms with Crippen molar-refractivity contribution in [3.05, 3.63) is 55.1 Å². The van der Waals surface area contributed by atoms with E-state index < -0.39 is 8.07 Å². The lowest BCUT2D eigenvalue weighted by Gasteiger charge is -2.38. The van der Waals surface area contributed by atoms with Crippen molar-refractivity contribution < 1.29 is 0 Å². The van der Waals surface area contributed by atoms with E-state index in [0.717, 1.165) is 0 Å². The van der Waals surface area contributed by atoms with Crippen LogP contribution in [0.2, 0.25) is 18.1 Å². The highest BCUT2D eigenvalue weighted by Gasteiger charge is 2.39. The highest BCUT2D eigenvalue weighted by molar-refractivity contribution is 6.94. The lowest BCUT2D eigenvalue weighted by atomic mass is 10.1. The Labute approximate surface area is 111 Å². The summed E-state index contributed by atoms with van der Waals surface area (Å²) >= 11 is 0. The van der Waals surface area contributed by atoms with Gasteiger partial charge in [-0.15, -0.1) is 6.58 Å². The lowest BCUT2D eigenvalue weighted by molar-refractivity contribution is 0.821. The first-order valence-corrected chi connectivity index (χ1v) is 9.52. The second-order valence-corrected chi connectivity index (χ2v) is 11.2. The molecule has 0 atom stereocenters. The molecule has 0 fully saturated rings. The van der Waals surface area contributed by atoms with E-state index in [9.17, 15) is 0 Å². The van der Waals surface area contributed by atoms with E-state index in [1.54, 1.807) is 0 Å². The van der Waals surface area contributed by atoms with Crippen molar-refractivity contribution in [1.82, 2.24) is 0 Å². The molecule has 0 unspecified atom stereocenters. The molecule has 0 aliphatic rings. The van der Waals surface area contributed by atoms with Gasteiger partial charge in [0, 0.05) is 0 Å². The van der Waals surface area contributed by atoms with Crippen molar-refractivity contribution in [3.8, 4) is 0 Å². The molecule has 0 aliphatic carbocycles. The zero-order valence-corrected chi connectivity index (χ0v) is 12.8. The smallest absolute Gasteiger partial charge is 0.0906 e. The van der Waals surface area contributed by atoms with Gasteiger partial charge < -0.3 is 0 Å². The molecule has 2 rings (SSSR count). The maximum absolute atomic E-state index is 4.04. The fourth-order valence-electron chi connectivity index (χ4n) is 2.37. The molecule has 2 aromatic carbocycles. The fraction of sp³-hybridized carbons (Fsp3) is 0.294. The standard InChI is InChI=1S/C17H22Si/c1-6-17(2,3)18(4,5)16-13-9-11-14-10-7-8-12-15(14)16/h6-13H,1H2,2-5H3. The van der Waals surface area contributed by atoms with E-state index in [2.05, 4.69) is 82.1 Å². The van der Waals surface area contributed by atoms with Gasteiger partial charge in [-0.05, 0) is 15.8 Å². The van der Waals surface area contributed by atoms with Crippen molar-refractivity contribution in [1.29, 1.82) is 0 Å². The number of rotatable bonds is 3. The van der Waals surface area contributed by atoms with Crippen LogP contribution in [-0.4, -0.2) is 8.07 Å². The maximum atomic E-state index is 4.04. The van der Waals surface area contributed by atoms with Gasteiger partial charge in [0.05, 0.1) is 8.07 Å². The molecule has 1 heteroatoms. The van der Waals surface area contributed by atoms with E-state index >= 15 is 0 Å². The van der Waals surface area contributed by atoms with Crippen molar-refractivity contribution in [3.63, 3.8) is 0 Å². The minimum Gasteiger partial charge on any atom is -0.103 e. The van der Waals surface area contributed by atoms with E-state index in [4.69, 9.17) is 0 Å². The quantitative estimate of drug-likeness (QED) is 0.549. The van der Waals surface area contributed by atoms with Gasteiger partial charge in [0.15, 0.2) is 0 Å². The summed E-state index contributed by atoms with van der Waals surface area (Å²) in [6.07, 6.45) is 2.13. The first-order chi connectivity index (χ1) is 8.40. The summed E-state index contributed by atoms with van der Waals surface area (Å²) in [6, 6.07) is 15.4. The molecule has 2 aromatic rings. The highest BCUT2D eigenvalue weighted by Crippen LogP contribution is 2.38. The van der Waals surface area contributed by atoms with Crippen LogP contribution in [0, 0.1) is 0 Å². The van der Waals surface area contributed by atoms with Gasteiger partial charge in [-0.25, -0.2) is 0 Å². The van der Waals surface area contributed by atoms with Crippen molar-refractivity contribution in [2.75, 3.05) is 0 Å². The monoisotopic (exact) mass is 254 g/mol. The number of hydrogen-bond acceptors (Lipinski definition) is 0. The Kier molecular flexibility index (Phi) is 3.20. The molecule has 0 bridgehead atoms. The molecular weight excluding hydrogens is 232 g/mol. The second-order valence-electron chi connectivity index (χ2n) is 6.08. The molecule has 0 heterocycles. The summed E-state index contributed by atoms with van der Waals surface area (Å²) in [5.41, 5.74) is 0. The van der Waals surface area contributed by atoms with Crippen LogP contribution in [0.15, 0.2) is 55.1 Å². The molecule has 0 amide bonds. The molecule has 0 radical (unpaired) electrons. The van der Waals surface area contributed by atoms with E-state index in [-0.39, 0.29) is 5.04 Å². The molecule has 0 nitrogen and oxygen atoms in total. The molecule has 0 saturated heterocycles. The molecule has 0 aliphatic heterocycles. The second kappa shape index (κ2) is 4.40. The number of fused-ring (bicyclic) bond motifs is 1. The van der Waals surface area contributed by atoms with Crippen LogP contribution >= 0.6 is 0 Å². The zero-order chi connectivity index (χ0) is 13.4. The summed E-state index contributed by atoms with van der Waals surface area (Å²) in [5.74, 6) is 0. The lowest BCUT2D eigenvalue weighted by Crippen LogP contribution is -2.50. The highest BCUT2D eigenvalue weighted by atomic mass is 28.3. The Morgan fingerprint density at radius 3 is 2.28 bits per heavy atom. The Balaban J connectivity index is 2.71. The third-order valence-corrected chi connectivity index (χ3v) is 9.79. The van der Waals surface area contributed by atoms with Gasteiger partial charge in [0.25, 0.3) is 0 Å². The minimum absolute atomic E-state index is 0.192. The number of benzene rings is 2. The molecular formula is C17H22Si. The Hall–Kier alpha value is -1.34. The number of allylic oxidation sites excluding steroid dienone is 1.